The van der Waals surface area contributed by atoms with Crippen LogP contribution in [0.15, 0.2) is 60.2 Å². The Labute approximate surface area is 133 Å². The Hall–Kier alpha value is -2.26. The maximum atomic E-state index is 8.97. The number of nitriles is 2. The van der Waals surface area contributed by atoms with E-state index < -0.39 is 0 Å². The average Bonchev–Trinajstić information content (AvgIpc) is 2.51. The molecule has 4 heteroatoms. The van der Waals surface area contributed by atoms with Gasteiger partial charge < -0.3 is 0 Å². The van der Waals surface area contributed by atoms with E-state index >= 15 is 0 Å². The standard InChI is InChI=1S/C17H10Cl2N2/c18-15-5-1-13(2-6-15)17(9-12(10-20)11-21)14-3-7-16(19)8-4-14/h1-9,17H. The van der Waals surface area contributed by atoms with Crippen molar-refractivity contribution in [2.45, 2.75) is 5.92 Å². The second-order valence-electron chi connectivity index (χ2n) is 4.38. The van der Waals surface area contributed by atoms with Crippen molar-refractivity contribution in [1.29, 1.82) is 10.5 Å². The third kappa shape index (κ3) is 3.86. The van der Waals surface area contributed by atoms with Gasteiger partial charge in [0.2, 0.25) is 0 Å². The lowest BCUT2D eigenvalue weighted by molar-refractivity contribution is 1.02. The maximum Gasteiger partial charge on any atom is 0.126 e. The SMILES string of the molecule is N#CC(C#N)=CC(c1ccc(Cl)cc1)c1ccc(Cl)cc1. The van der Waals surface area contributed by atoms with Crippen molar-refractivity contribution in [2.75, 3.05) is 0 Å². The van der Waals surface area contributed by atoms with Gasteiger partial charge in [0, 0.05) is 16.0 Å². The van der Waals surface area contributed by atoms with Gasteiger partial charge in [0.15, 0.2) is 0 Å². The highest BCUT2D eigenvalue weighted by Gasteiger charge is 2.13. The van der Waals surface area contributed by atoms with Crippen LogP contribution >= 0.6 is 23.2 Å². The van der Waals surface area contributed by atoms with Gasteiger partial charge in [-0.1, -0.05) is 47.5 Å². The largest absolute Gasteiger partial charge is 0.192 e. The summed E-state index contributed by atoms with van der Waals surface area (Å²) in [6.45, 7) is 0. The smallest absolute Gasteiger partial charge is 0.126 e. The fourth-order valence-electron chi connectivity index (χ4n) is 1.99. The van der Waals surface area contributed by atoms with Crippen LogP contribution < -0.4 is 0 Å². The first-order valence-electron chi connectivity index (χ1n) is 6.17. The summed E-state index contributed by atoms with van der Waals surface area (Å²) in [5.74, 6) is -0.200. The summed E-state index contributed by atoms with van der Waals surface area (Å²) in [4.78, 5) is 0. The number of nitrogens with zero attached hydrogens (tertiary/aromatic N) is 2. The minimum atomic E-state index is -0.200. The first kappa shape index (κ1) is 15.1. The molecule has 0 fully saturated rings. The van der Waals surface area contributed by atoms with Gasteiger partial charge in [0.25, 0.3) is 0 Å². The zero-order valence-electron chi connectivity index (χ0n) is 10.9. The van der Waals surface area contributed by atoms with Crippen molar-refractivity contribution in [3.63, 3.8) is 0 Å². The van der Waals surface area contributed by atoms with Gasteiger partial charge in [-0.25, -0.2) is 0 Å². The summed E-state index contributed by atoms with van der Waals surface area (Å²) in [7, 11) is 0. The van der Waals surface area contributed by atoms with Crippen LogP contribution in [0.4, 0.5) is 0 Å². The lowest BCUT2D eigenvalue weighted by Crippen LogP contribution is -1.99. The highest BCUT2D eigenvalue weighted by molar-refractivity contribution is 6.30. The number of hydrogen-bond donors (Lipinski definition) is 0. The molecule has 0 spiro atoms. The Morgan fingerprint density at radius 3 is 1.52 bits per heavy atom. The molecule has 21 heavy (non-hydrogen) atoms. The van der Waals surface area contributed by atoms with E-state index in [9.17, 15) is 0 Å². The zero-order valence-corrected chi connectivity index (χ0v) is 12.4. The minimum absolute atomic E-state index is 0.0740. The zero-order chi connectivity index (χ0) is 15.2. The Morgan fingerprint density at radius 1 is 0.810 bits per heavy atom. The van der Waals surface area contributed by atoms with E-state index in [2.05, 4.69) is 0 Å². The molecule has 0 heterocycles. The molecule has 0 saturated carbocycles. The maximum absolute atomic E-state index is 8.97. The van der Waals surface area contributed by atoms with Gasteiger partial charge in [0.05, 0.1) is 0 Å². The van der Waals surface area contributed by atoms with E-state index in [1.165, 1.54) is 0 Å². The van der Waals surface area contributed by atoms with E-state index in [-0.39, 0.29) is 11.5 Å². The van der Waals surface area contributed by atoms with Crippen LogP contribution in [0.5, 0.6) is 0 Å². The Morgan fingerprint density at radius 2 is 1.19 bits per heavy atom. The van der Waals surface area contributed by atoms with Crippen molar-refractivity contribution in [2.24, 2.45) is 0 Å². The molecule has 102 valence electrons. The first-order valence-corrected chi connectivity index (χ1v) is 6.92. The summed E-state index contributed by atoms with van der Waals surface area (Å²) in [5.41, 5.74) is 1.97. The second-order valence-corrected chi connectivity index (χ2v) is 5.26. The molecule has 2 nitrogen and oxygen atoms in total. The summed E-state index contributed by atoms with van der Waals surface area (Å²) in [6.07, 6.45) is 1.65. The minimum Gasteiger partial charge on any atom is -0.192 e. The molecule has 2 aromatic carbocycles. The molecule has 2 aromatic rings. The van der Waals surface area contributed by atoms with Gasteiger partial charge in [-0.3, -0.25) is 0 Å². The Balaban J connectivity index is 2.52. The third-order valence-electron chi connectivity index (χ3n) is 3.03. The van der Waals surface area contributed by atoms with Crippen LogP contribution in [-0.4, -0.2) is 0 Å². The molecule has 0 bridgehead atoms. The predicted octanol–water partition coefficient (Wildman–Crippen LogP) is 5.10. The monoisotopic (exact) mass is 312 g/mol. The highest BCUT2D eigenvalue weighted by atomic mass is 35.5. The fourth-order valence-corrected chi connectivity index (χ4v) is 2.24. The molecule has 0 aliphatic heterocycles. The van der Waals surface area contributed by atoms with Gasteiger partial charge in [-0.2, -0.15) is 10.5 Å². The molecule has 0 amide bonds. The van der Waals surface area contributed by atoms with Gasteiger partial charge in [-0.05, 0) is 41.5 Å². The predicted molar refractivity (Wildman–Crippen MR) is 84.1 cm³/mol. The second kappa shape index (κ2) is 6.95. The van der Waals surface area contributed by atoms with E-state index in [1.807, 2.05) is 36.4 Å². The van der Waals surface area contributed by atoms with Gasteiger partial charge in [0.1, 0.15) is 17.7 Å². The fraction of sp³-hybridized carbons (Fsp3) is 0.0588. The molecule has 0 unspecified atom stereocenters. The van der Waals surface area contributed by atoms with Crippen molar-refractivity contribution >= 4 is 23.2 Å². The van der Waals surface area contributed by atoms with Gasteiger partial charge in [-0.15, -0.1) is 0 Å². The molecular formula is C17H10Cl2N2. The van der Waals surface area contributed by atoms with Crippen molar-refractivity contribution in [3.05, 3.63) is 81.4 Å². The lowest BCUT2D eigenvalue weighted by atomic mass is 9.90. The molecule has 2 rings (SSSR count). The van der Waals surface area contributed by atoms with Gasteiger partial charge >= 0.3 is 0 Å². The first-order chi connectivity index (χ1) is 10.1. The van der Waals surface area contributed by atoms with Crippen LogP contribution in [0.2, 0.25) is 10.0 Å². The van der Waals surface area contributed by atoms with Crippen molar-refractivity contribution in [1.82, 2.24) is 0 Å². The molecule has 0 saturated heterocycles. The van der Waals surface area contributed by atoms with E-state index in [0.29, 0.717) is 10.0 Å². The van der Waals surface area contributed by atoms with E-state index in [0.717, 1.165) is 11.1 Å². The molecule has 0 radical (unpaired) electrons. The molecule has 0 aliphatic carbocycles. The lowest BCUT2D eigenvalue weighted by Gasteiger charge is -2.14. The van der Waals surface area contributed by atoms with Crippen LogP contribution in [0.1, 0.15) is 17.0 Å². The molecular weight excluding hydrogens is 303 g/mol. The Kier molecular flexibility index (Phi) is 5.01. The van der Waals surface area contributed by atoms with E-state index in [1.54, 1.807) is 30.3 Å². The topological polar surface area (TPSA) is 47.6 Å². The number of benzene rings is 2. The van der Waals surface area contributed by atoms with Crippen LogP contribution in [0, 0.1) is 22.7 Å². The van der Waals surface area contributed by atoms with Crippen molar-refractivity contribution in [3.8, 4) is 12.1 Å². The number of halogens is 2. The van der Waals surface area contributed by atoms with Crippen LogP contribution in [0.3, 0.4) is 0 Å². The number of allylic oxidation sites excluding steroid dienone is 2. The quantitative estimate of drug-likeness (QED) is 0.740. The van der Waals surface area contributed by atoms with E-state index in [4.69, 9.17) is 33.7 Å². The highest BCUT2D eigenvalue weighted by Crippen LogP contribution is 2.29. The molecule has 0 aromatic heterocycles. The Bertz CT molecular complexity index is 671. The van der Waals surface area contributed by atoms with Crippen molar-refractivity contribution < 1.29 is 0 Å². The van der Waals surface area contributed by atoms with Crippen LogP contribution in [0.25, 0.3) is 0 Å². The summed E-state index contributed by atoms with van der Waals surface area (Å²) >= 11 is 11.8. The summed E-state index contributed by atoms with van der Waals surface area (Å²) in [6, 6.07) is 18.4. The summed E-state index contributed by atoms with van der Waals surface area (Å²) in [5, 5.41) is 19.2. The molecule has 0 aliphatic rings. The van der Waals surface area contributed by atoms with Crippen LogP contribution in [-0.2, 0) is 0 Å². The summed E-state index contributed by atoms with van der Waals surface area (Å²) < 4.78 is 0. The molecule has 0 N–H and O–H groups in total. The normalized spacial score (nSPS) is 9.76. The average molecular weight is 313 g/mol. The molecule has 0 atom stereocenters. The number of rotatable bonds is 3. The number of hydrogen-bond acceptors (Lipinski definition) is 2. The third-order valence-corrected chi connectivity index (χ3v) is 3.54.